The van der Waals surface area contributed by atoms with Crippen molar-refractivity contribution < 1.29 is 27.3 Å². The van der Waals surface area contributed by atoms with Crippen LogP contribution >= 0.6 is 0 Å². The minimum Gasteiger partial charge on any atom is -0.518 e. The van der Waals surface area contributed by atoms with Gasteiger partial charge in [-0.05, 0) is 65.3 Å². The van der Waals surface area contributed by atoms with Gasteiger partial charge in [0.1, 0.15) is 6.04 Å². The lowest BCUT2D eigenvalue weighted by atomic mass is 10.1. The highest BCUT2D eigenvalue weighted by Gasteiger charge is 2.51. The molecule has 10 heteroatoms. The van der Waals surface area contributed by atoms with E-state index in [4.69, 9.17) is 17.7 Å². The molecule has 0 aromatic heterocycles. The van der Waals surface area contributed by atoms with E-state index >= 15 is 0 Å². The van der Waals surface area contributed by atoms with Crippen molar-refractivity contribution in [3.05, 3.63) is 0 Å². The van der Waals surface area contributed by atoms with Gasteiger partial charge in [0.15, 0.2) is 0 Å². The summed E-state index contributed by atoms with van der Waals surface area (Å²) in [7, 11) is -3.77. The van der Waals surface area contributed by atoms with Crippen molar-refractivity contribution in [2.24, 2.45) is 0 Å². The second-order valence-electron chi connectivity index (χ2n) is 13.5. The number of carbonyl (C=O) groups excluding carboxylic acids is 2. The van der Waals surface area contributed by atoms with Gasteiger partial charge < -0.3 is 17.7 Å². The summed E-state index contributed by atoms with van der Waals surface area (Å²) in [5.74, 6) is -0.548. The first-order valence-corrected chi connectivity index (χ1v) is 22.4. The van der Waals surface area contributed by atoms with Crippen molar-refractivity contribution in [1.29, 1.82) is 0 Å². The highest BCUT2D eigenvalue weighted by Crippen LogP contribution is 2.44. The molecule has 0 N–H and O–H groups in total. The van der Waals surface area contributed by atoms with Crippen molar-refractivity contribution in [3.63, 3.8) is 0 Å². The zero-order chi connectivity index (χ0) is 31.6. The minimum absolute atomic E-state index is 0.00952. The fourth-order valence-electron chi connectivity index (χ4n) is 7.13. The zero-order valence-corrected chi connectivity index (χ0v) is 32.0. The highest BCUT2D eigenvalue weighted by molar-refractivity contribution is 6.79. The number of rotatable bonds is 19. The third-order valence-corrected chi connectivity index (χ3v) is 24.4. The molecule has 238 valence electrons. The third-order valence-electron chi connectivity index (χ3n) is 9.40. The highest BCUT2D eigenvalue weighted by atomic mass is 28.4. The number of likely N-dealkylation sites (N-methyl/N-ethyl adjacent to an activating group) is 1. The maximum Gasteiger partial charge on any atom is 0.334 e. The molecular weight excluding hydrogens is 555 g/mol. The van der Waals surface area contributed by atoms with Gasteiger partial charge >= 0.3 is 14.5 Å². The van der Waals surface area contributed by atoms with E-state index < -0.39 is 31.2 Å². The van der Waals surface area contributed by atoms with Gasteiger partial charge in [0, 0.05) is 14.2 Å². The van der Waals surface area contributed by atoms with Crippen LogP contribution in [-0.2, 0) is 27.3 Å². The Morgan fingerprint density at radius 1 is 0.675 bits per heavy atom. The Labute approximate surface area is 250 Å². The smallest absolute Gasteiger partial charge is 0.334 e. The molecule has 0 aromatic carbocycles. The summed E-state index contributed by atoms with van der Waals surface area (Å²) in [5.41, 5.74) is 1.61. The average Bonchev–Trinajstić information content (AvgIpc) is 2.85. The maximum absolute atomic E-state index is 14.2. The fourth-order valence-corrected chi connectivity index (χ4v) is 18.9. The molecule has 0 saturated heterocycles. The summed E-state index contributed by atoms with van der Waals surface area (Å²) in [5, 5.41) is 0. The molecule has 7 nitrogen and oxygen atoms in total. The van der Waals surface area contributed by atoms with Crippen molar-refractivity contribution >= 4 is 37.1 Å². The third kappa shape index (κ3) is 9.49. The topological polar surface area (TPSA) is 74.3 Å². The second kappa shape index (κ2) is 16.9. The van der Waals surface area contributed by atoms with Crippen LogP contribution in [0, 0.1) is 0 Å². The molecule has 0 heterocycles. The van der Waals surface area contributed by atoms with Gasteiger partial charge in [0.25, 0.3) is 22.6 Å². The molecule has 40 heavy (non-hydrogen) atoms. The number of carbonyl (C=O) groups is 2. The largest absolute Gasteiger partial charge is 0.518 e. The predicted octanol–water partition coefficient (Wildman–Crippen LogP) is 8.26. The molecule has 0 radical (unpaired) electrons. The van der Waals surface area contributed by atoms with E-state index in [1.807, 2.05) is 13.5 Å². The van der Waals surface area contributed by atoms with E-state index in [9.17, 15) is 9.59 Å². The monoisotopic (exact) mass is 619 g/mol. The molecule has 1 atom stereocenters. The Hall–Kier alpha value is -0.529. The molecule has 0 aromatic rings. The molecule has 0 aliphatic heterocycles. The number of hydrogen-bond donors (Lipinski definition) is 0. The molecule has 0 rings (SSSR count). The number of hydrogen-bond acceptors (Lipinski definition) is 7. The zero-order valence-electron chi connectivity index (χ0n) is 29.0. The summed E-state index contributed by atoms with van der Waals surface area (Å²) in [6.45, 7) is 31.5. The maximum atomic E-state index is 14.2. The first-order valence-electron chi connectivity index (χ1n) is 15.6. The van der Waals surface area contributed by atoms with Gasteiger partial charge in [-0.2, -0.15) is 0 Å². The molecular formula is C30H65NO6Si3. The molecule has 0 bridgehead atoms. The van der Waals surface area contributed by atoms with E-state index in [0.717, 1.165) is 12.5 Å². The van der Waals surface area contributed by atoms with Crippen LogP contribution in [0.4, 0.5) is 0 Å². The van der Waals surface area contributed by atoms with Crippen LogP contribution in [-0.4, -0.2) is 75.4 Å². The SMILES string of the molecule is CCN(CCC[Si](C)(OC)OC)C(CC(=O)O[Si](C(C)C)(C(C)C)C(C)C)C(=O)O[Si](C(C)C)(C(C)C)C(C)C. The Bertz CT molecular complexity index is 725. The summed E-state index contributed by atoms with van der Waals surface area (Å²) in [4.78, 5) is 30.0. The molecule has 0 spiro atoms. The van der Waals surface area contributed by atoms with Gasteiger partial charge in [-0.3, -0.25) is 14.5 Å². The minimum atomic E-state index is -2.49. The van der Waals surface area contributed by atoms with Crippen LogP contribution in [0.5, 0.6) is 0 Å². The van der Waals surface area contributed by atoms with E-state index in [2.05, 4.69) is 88.0 Å². The van der Waals surface area contributed by atoms with Crippen LogP contribution in [0.25, 0.3) is 0 Å². The van der Waals surface area contributed by atoms with Crippen LogP contribution in [0.15, 0.2) is 0 Å². The normalized spacial score (nSPS) is 14.4. The first kappa shape index (κ1) is 39.5. The van der Waals surface area contributed by atoms with Gasteiger partial charge in [-0.25, -0.2) is 0 Å². The van der Waals surface area contributed by atoms with Crippen LogP contribution in [0.1, 0.15) is 103 Å². The van der Waals surface area contributed by atoms with Gasteiger partial charge in [-0.15, -0.1) is 0 Å². The van der Waals surface area contributed by atoms with Crippen molar-refractivity contribution in [1.82, 2.24) is 4.90 Å². The van der Waals surface area contributed by atoms with E-state index in [0.29, 0.717) is 13.1 Å². The summed E-state index contributed by atoms with van der Waals surface area (Å²) >= 11 is 0. The van der Waals surface area contributed by atoms with E-state index in [1.165, 1.54) is 0 Å². The summed E-state index contributed by atoms with van der Waals surface area (Å²) < 4.78 is 24.5. The van der Waals surface area contributed by atoms with Gasteiger partial charge in [0.05, 0.1) is 6.42 Å². The van der Waals surface area contributed by atoms with Gasteiger partial charge in [-0.1, -0.05) is 90.0 Å². The van der Waals surface area contributed by atoms with Crippen LogP contribution in [0.3, 0.4) is 0 Å². The Balaban J connectivity index is 6.42. The van der Waals surface area contributed by atoms with Crippen molar-refractivity contribution in [3.8, 4) is 0 Å². The van der Waals surface area contributed by atoms with Crippen molar-refractivity contribution in [2.45, 2.75) is 155 Å². The average molecular weight is 620 g/mol. The lowest BCUT2D eigenvalue weighted by Gasteiger charge is -2.43. The lowest BCUT2D eigenvalue weighted by Crippen LogP contribution is -2.55. The lowest BCUT2D eigenvalue weighted by molar-refractivity contribution is -0.148. The molecule has 0 amide bonds. The molecule has 1 unspecified atom stereocenters. The quantitative estimate of drug-likeness (QED) is 0.135. The first-order chi connectivity index (χ1) is 18.3. The fraction of sp³-hybridized carbons (Fsp3) is 0.933. The molecule has 0 saturated carbocycles. The Morgan fingerprint density at radius 3 is 1.38 bits per heavy atom. The van der Waals surface area contributed by atoms with Crippen LogP contribution < -0.4 is 0 Å². The Morgan fingerprint density at radius 2 is 1.05 bits per heavy atom. The predicted molar refractivity (Wildman–Crippen MR) is 175 cm³/mol. The molecule has 0 aliphatic rings. The molecule has 0 fully saturated rings. The summed E-state index contributed by atoms with van der Waals surface area (Å²) in [6, 6.07) is 0.118. The molecule has 0 aliphatic carbocycles. The van der Waals surface area contributed by atoms with Crippen LogP contribution in [0.2, 0.25) is 45.8 Å². The van der Waals surface area contributed by atoms with E-state index in [1.54, 1.807) is 14.2 Å². The van der Waals surface area contributed by atoms with Crippen molar-refractivity contribution in [2.75, 3.05) is 27.3 Å². The standard InChI is InChI=1S/C30H65NO6Si3/c1-17-31(19-18-20-38(16,34-14)35-15)28(30(33)37-40(25(8)9,26(10)11)27(12)13)21-29(32)36-39(22(2)3,23(4)5)24(6)7/h22-28H,17-21H2,1-16H3. The summed E-state index contributed by atoms with van der Waals surface area (Å²) in [6.07, 6.45) is 0.816. The Kier molecular flexibility index (Phi) is 16.7. The second-order valence-corrected chi connectivity index (χ2v) is 27.9. The number of nitrogens with zero attached hydrogens (tertiary/aromatic N) is 1. The van der Waals surface area contributed by atoms with Gasteiger partial charge in [0.2, 0.25) is 0 Å². The van der Waals surface area contributed by atoms with E-state index in [-0.39, 0.29) is 51.6 Å².